The molecule has 4 nitrogen and oxygen atoms in total. The summed E-state index contributed by atoms with van der Waals surface area (Å²) in [5, 5.41) is 16.2. The van der Waals surface area contributed by atoms with Crippen LogP contribution in [0.25, 0.3) is 5.57 Å². The van der Waals surface area contributed by atoms with Gasteiger partial charge in [0.1, 0.15) is 11.1 Å². The number of benzene rings is 1. The number of nitrogens with zero attached hydrogens (tertiary/aromatic N) is 1. The minimum absolute atomic E-state index is 0.296. The number of nitrogens with one attached hydrogen (secondary N) is 2. The zero-order valence-corrected chi connectivity index (χ0v) is 16.9. The van der Waals surface area contributed by atoms with Crippen molar-refractivity contribution in [3.63, 3.8) is 0 Å². The normalized spacial score (nSPS) is 13.4. The number of amides is 2. The van der Waals surface area contributed by atoms with Crippen molar-refractivity contribution in [1.82, 2.24) is 5.32 Å². The molecule has 0 aliphatic heterocycles. The summed E-state index contributed by atoms with van der Waals surface area (Å²) < 4.78 is 0. The maximum atomic E-state index is 12.7. The highest BCUT2D eigenvalue weighted by Gasteiger charge is 2.26. The molecule has 1 aliphatic rings. The molecular formula is C22H25N3OS. The van der Waals surface area contributed by atoms with Crippen molar-refractivity contribution in [3.8, 4) is 6.07 Å². The molecule has 0 bridgehead atoms. The lowest BCUT2D eigenvalue weighted by Crippen LogP contribution is -2.43. The maximum absolute atomic E-state index is 12.7. The topological polar surface area (TPSA) is 64.9 Å². The molecule has 140 valence electrons. The Hall–Kier alpha value is -2.58. The lowest BCUT2D eigenvalue weighted by Gasteiger charge is -2.27. The Morgan fingerprint density at radius 1 is 1.30 bits per heavy atom. The Morgan fingerprint density at radius 2 is 2.04 bits per heavy atom. The van der Waals surface area contributed by atoms with Crippen LogP contribution in [-0.4, -0.2) is 6.03 Å². The molecule has 1 aromatic heterocycles. The maximum Gasteiger partial charge on any atom is 0.320 e. The van der Waals surface area contributed by atoms with Crippen LogP contribution in [0.5, 0.6) is 0 Å². The van der Waals surface area contributed by atoms with E-state index < -0.39 is 5.54 Å². The highest BCUT2D eigenvalue weighted by molar-refractivity contribution is 7.16. The molecule has 2 N–H and O–H groups in total. The van der Waals surface area contributed by atoms with Gasteiger partial charge in [-0.05, 0) is 69.2 Å². The van der Waals surface area contributed by atoms with E-state index in [4.69, 9.17) is 0 Å². The van der Waals surface area contributed by atoms with Crippen LogP contribution < -0.4 is 10.6 Å². The number of fused-ring (bicyclic) bond motifs is 1. The van der Waals surface area contributed by atoms with Gasteiger partial charge in [0.05, 0.1) is 11.1 Å². The summed E-state index contributed by atoms with van der Waals surface area (Å²) in [5.74, 6) is 0. The van der Waals surface area contributed by atoms with Gasteiger partial charge in [-0.3, -0.25) is 5.32 Å². The van der Waals surface area contributed by atoms with Crippen molar-refractivity contribution in [2.75, 3.05) is 5.32 Å². The van der Waals surface area contributed by atoms with Crippen molar-refractivity contribution in [1.29, 1.82) is 5.26 Å². The molecule has 27 heavy (non-hydrogen) atoms. The van der Waals surface area contributed by atoms with Crippen molar-refractivity contribution in [2.45, 2.75) is 52.0 Å². The predicted octanol–water partition coefficient (Wildman–Crippen LogP) is 5.59. The Bertz CT molecular complexity index is 934. The van der Waals surface area contributed by atoms with Gasteiger partial charge < -0.3 is 5.32 Å². The molecule has 3 rings (SSSR count). The van der Waals surface area contributed by atoms with E-state index in [1.165, 1.54) is 16.2 Å². The largest absolute Gasteiger partial charge is 0.329 e. The van der Waals surface area contributed by atoms with Crippen molar-refractivity contribution in [3.05, 3.63) is 58.0 Å². The first-order valence-electron chi connectivity index (χ1n) is 9.22. The molecule has 0 saturated heterocycles. The van der Waals surface area contributed by atoms with Crippen LogP contribution >= 0.6 is 11.3 Å². The van der Waals surface area contributed by atoms with Gasteiger partial charge in [-0.2, -0.15) is 5.26 Å². The van der Waals surface area contributed by atoms with E-state index >= 15 is 0 Å². The zero-order chi connectivity index (χ0) is 19.6. The van der Waals surface area contributed by atoms with E-state index in [0.29, 0.717) is 10.6 Å². The fraction of sp³-hybridized carbons (Fsp3) is 0.364. The summed E-state index contributed by atoms with van der Waals surface area (Å²) in [6.07, 6.45) is 4.18. The fourth-order valence-corrected chi connectivity index (χ4v) is 4.67. The third-order valence-corrected chi connectivity index (χ3v) is 6.22. The molecule has 1 aliphatic carbocycles. The second kappa shape index (κ2) is 7.58. The minimum atomic E-state index is -0.556. The number of rotatable bonds is 4. The predicted molar refractivity (Wildman–Crippen MR) is 112 cm³/mol. The summed E-state index contributed by atoms with van der Waals surface area (Å²) in [5.41, 5.74) is 4.24. The van der Waals surface area contributed by atoms with Crippen LogP contribution in [0.1, 0.15) is 60.7 Å². The van der Waals surface area contributed by atoms with E-state index in [1.807, 2.05) is 45.0 Å². The van der Waals surface area contributed by atoms with Gasteiger partial charge in [-0.1, -0.05) is 30.4 Å². The quantitative estimate of drug-likeness (QED) is 0.727. The minimum Gasteiger partial charge on any atom is -0.329 e. The van der Waals surface area contributed by atoms with Gasteiger partial charge in [-0.15, -0.1) is 11.3 Å². The zero-order valence-electron chi connectivity index (χ0n) is 16.1. The lowest BCUT2D eigenvalue weighted by atomic mass is 9.92. The molecule has 0 radical (unpaired) electrons. The van der Waals surface area contributed by atoms with Crippen LogP contribution in [0.15, 0.2) is 30.8 Å². The average molecular weight is 380 g/mol. The average Bonchev–Trinajstić information content (AvgIpc) is 2.98. The van der Waals surface area contributed by atoms with Crippen LogP contribution in [0.2, 0.25) is 0 Å². The summed E-state index contributed by atoms with van der Waals surface area (Å²) in [6.45, 7) is 9.89. The summed E-state index contributed by atoms with van der Waals surface area (Å²) in [4.78, 5) is 13.9. The number of thiophene rings is 1. The smallest absolute Gasteiger partial charge is 0.320 e. The number of hydrogen-bond acceptors (Lipinski definition) is 3. The molecule has 0 atom stereocenters. The first-order chi connectivity index (χ1) is 12.8. The number of hydrogen-bond donors (Lipinski definition) is 2. The number of carbonyl (C=O) groups excluding carboxylic acids is 1. The Labute approximate surface area is 164 Å². The molecule has 0 spiro atoms. The standard InChI is InChI=1S/C22H25N3OS/c1-14(2)15-8-7-9-16(12-15)22(3,4)25-21(26)24-20-18(13-23)17-10-5-6-11-19(17)27-20/h7-9,12H,1,5-6,10-11H2,2-4H3,(H2,24,25,26). The third kappa shape index (κ3) is 4.06. The van der Waals surface area contributed by atoms with E-state index in [-0.39, 0.29) is 6.03 Å². The van der Waals surface area contributed by atoms with E-state index in [0.717, 1.165) is 47.9 Å². The van der Waals surface area contributed by atoms with E-state index in [1.54, 1.807) is 0 Å². The highest BCUT2D eigenvalue weighted by Crippen LogP contribution is 2.37. The van der Waals surface area contributed by atoms with Gasteiger partial charge in [0.25, 0.3) is 0 Å². The van der Waals surface area contributed by atoms with Gasteiger partial charge in [0, 0.05) is 4.88 Å². The summed E-state index contributed by atoms with van der Waals surface area (Å²) in [6, 6.07) is 10.0. The van der Waals surface area contributed by atoms with Gasteiger partial charge in [0.15, 0.2) is 0 Å². The Kier molecular flexibility index (Phi) is 5.38. The van der Waals surface area contributed by atoms with E-state index in [2.05, 4.69) is 23.3 Å². The first kappa shape index (κ1) is 19.2. The number of nitriles is 1. The van der Waals surface area contributed by atoms with Crippen LogP contribution in [0.4, 0.5) is 9.80 Å². The molecular weight excluding hydrogens is 354 g/mol. The number of anilines is 1. The molecule has 0 fully saturated rings. The number of aryl methyl sites for hydroxylation is 1. The van der Waals surface area contributed by atoms with E-state index in [9.17, 15) is 10.1 Å². The summed E-state index contributed by atoms with van der Waals surface area (Å²) in [7, 11) is 0. The molecule has 2 amide bonds. The molecule has 1 aromatic carbocycles. The van der Waals surface area contributed by atoms with Crippen LogP contribution in [0.3, 0.4) is 0 Å². The number of carbonyl (C=O) groups is 1. The second-order valence-electron chi connectivity index (χ2n) is 7.59. The molecule has 0 unspecified atom stereocenters. The summed E-state index contributed by atoms with van der Waals surface area (Å²) >= 11 is 1.54. The molecule has 2 aromatic rings. The van der Waals surface area contributed by atoms with Crippen molar-refractivity contribution in [2.24, 2.45) is 0 Å². The molecule has 5 heteroatoms. The van der Waals surface area contributed by atoms with Gasteiger partial charge >= 0.3 is 6.03 Å². The third-order valence-electron chi connectivity index (χ3n) is 5.01. The second-order valence-corrected chi connectivity index (χ2v) is 8.70. The van der Waals surface area contributed by atoms with Crippen LogP contribution in [-0.2, 0) is 18.4 Å². The SMILES string of the molecule is C=C(C)c1cccc(C(C)(C)NC(=O)Nc2sc3c(c2C#N)CCCC3)c1. The Morgan fingerprint density at radius 3 is 2.74 bits per heavy atom. The highest BCUT2D eigenvalue weighted by atomic mass is 32.1. The number of urea groups is 1. The molecule has 1 heterocycles. The number of allylic oxidation sites excluding steroid dienone is 1. The van der Waals surface area contributed by atoms with Crippen LogP contribution in [0, 0.1) is 11.3 Å². The van der Waals surface area contributed by atoms with Crippen molar-refractivity contribution < 1.29 is 4.79 Å². The lowest BCUT2D eigenvalue weighted by molar-refractivity contribution is 0.242. The van der Waals surface area contributed by atoms with Crippen molar-refractivity contribution >= 4 is 27.9 Å². The van der Waals surface area contributed by atoms with Gasteiger partial charge in [0.2, 0.25) is 0 Å². The van der Waals surface area contributed by atoms with Gasteiger partial charge in [-0.25, -0.2) is 4.79 Å². The molecule has 0 saturated carbocycles. The fourth-order valence-electron chi connectivity index (χ4n) is 3.44. The first-order valence-corrected chi connectivity index (χ1v) is 10.0. The monoisotopic (exact) mass is 379 g/mol. The Balaban J connectivity index is 1.78.